The number of thiophene rings is 1. The van der Waals surface area contributed by atoms with Gasteiger partial charge in [0.1, 0.15) is 11.1 Å². The third-order valence-corrected chi connectivity index (χ3v) is 5.80. The highest BCUT2D eigenvalue weighted by atomic mass is 35.5. The second kappa shape index (κ2) is 7.95. The highest BCUT2D eigenvalue weighted by Crippen LogP contribution is 2.25. The molecule has 1 amide bonds. The Morgan fingerprint density at radius 1 is 1.36 bits per heavy atom. The van der Waals surface area contributed by atoms with E-state index in [1.807, 2.05) is 11.4 Å². The molecule has 8 heteroatoms. The molecular formula is C17H19ClN3O3S+. The number of rotatable bonds is 6. The van der Waals surface area contributed by atoms with E-state index < -0.39 is 4.92 Å². The second-order valence-corrected chi connectivity index (χ2v) is 7.45. The molecule has 6 nitrogen and oxygen atoms in total. The van der Waals surface area contributed by atoms with Gasteiger partial charge in [0.05, 0.1) is 29.4 Å². The average molecular weight is 381 g/mol. The van der Waals surface area contributed by atoms with Crippen LogP contribution in [0.5, 0.6) is 0 Å². The zero-order valence-corrected chi connectivity index (χ0v) is 15.1. The quantitative estimate of drug-likeness (QED) is 0.597. The van der Waals surface area contributed by atoms with E-state index in [0.717, 1.165) is 13.1 Å². The smallest absolute Gasteiger partial charge is 0.288 e. The number of quaternary nitrogens is 1. The number of benzene rings is 1. The molecule has 1 fully saturated rings. The fourth-order valence-corrected chi connectivity index (χ4v) is 4.28. The maximum atomic E-state index is 12.4. The second-order valence-electron chi connectivity index (χ2n) is 6.07. The standard InChI is InChI=1S/C17H18ClN3O3S/c18-13-6-5-12(10-14(13)21(23)24)17(22)19-11-15(16-4-3-9-25-16)20-7-1-2-8-20/h3-6,9-10,15H,1-2,7-8,11H2,(H,19,22)/p+1/t15-/m1/s1. The van der Waals surface area contributed by atoms with Crippen molar-refractivity contribution in [2.24, 2.45) is 0 Å². The minimum absolute atomic E-state index is 0.0273. The number of nitro benzene ring substituents is 1. The molecule has 1 aromatic carbocycles. The predicted octanol–water partition coefficient (Wildman–Crippen LogP) is 2.46. The molecule has 0 radical (unpaired) electrons. The van der Waals surface area contributed by atoms with E-state index in [2.05, 4.69) is 11.4 Å². The first-order valence-corrected chi connectivity index (χ1v) is 9.42. The van der Waals surface area contributed by atoms with Crippen molar-refractivity contribution in [2.45, 2.75) is 18.9 Å². The number of nitrogens with zero attached hydrogens (tertiary/aromatic N) is 1. The topological polar surface area (TPSA) is 76.7 Å². The maximum absolute atomic E-state index is 12.4. The highest BCUT2D eigenvalue weighted by Gasteiger charge is 2.28. The molecule has 2 aromatic rings. The summed E-state index contributed by atoms with van der Waals surface area (Å²) in [5.41, 5.74) is -0.00765. The van der Waals surface area contributed by atoms with Crippen molar-refractivity contribution in [3.05, 3.63) is 61.3 Å². The highest BCUT2D eigenvalue weighted by molar-refractivity contribution is 7.10. The molecule has 25 heavy (non-hydrogen) atoms. The summed E-state index contributed by atoms with van der Waals surface area (Å²) in [4.78, 5) is 25.6. The first-order valence-electron chi connectivity index (χ1n) is 8.16. The third kappa shape index (κ3) is 4.18. The summed E-state index contributed by atoms with van der Waals surface area (Å²) in [5, 5.41) is 16.0. The van der Waals surface area contributed by atoms with Crippen LogP contribution in [0.25, 0.3) is 0 Å². The van der Waals surface area contributed by atoms with Crippen molar-refractivity contribution >= 4 is 34.5 Å². The summed E-state index contributed by atoms with van der Waals surface area (Å²) in [6.45, 7) is 2.71. The largest absolute Gasteiger partial charge is 0.346 e. The Balaban J connectivity index is 1.71. The molecule has 1 saturated heterocycles. The van der Waals surface area contributed by atoms with E-state index in [1.165, 1.54) is 40.8 Å². The van der Waals surface area contributed by atoms with E-state index >= 15 is 0 Å². The predicted molar refractivity (Wildman–Crippen MR) is 97.4 cm³/mol. The van der Waals surface area contributed by atoms with Crippen LogP contribution in [0, 0.1) is 10.1 Å². The SMILES string of the molecule is O=C(NC[C@H](c1cccs1)[NH+]1CCCC1)c1ccc(Cl)c([N+](=O)[O-])c1. The van der Waals surface area contributed by atoms with Gasteiger partial charge in [0, 0.05) is 24.5 Å². The van der Waals surface area contributed by atoms with E-state index in [4.69, 9.17) is 11.6 Å². The molecule has 0 saturated carbocycles. The van der Waals surface area contributed by atoms with Crippen LogP contribution in [0.3, 0.4) is 0 Å². The number of halogens is 1. The Labute approximate surface area is 154 Å². The minimum Gasteiger partial charge on any atom is -0.346 e. The lowest BCUT2D eigenvalue weighted by Crippen LogP contribution is -3.11. The van der Waals surface area contributed by atoms with Gasteiger partial charge in [0.25, 0.3) is 11.6 Å². The van der Waals surface area contributed by atoms with Gasteiger partial charge < -0.3 is 10.2 Å². The summed E-state index contributed by atoms with van der Waals surface area (Å²) in [6, 6.07) is 8.45. The molecule has 2 N–H and O–H groups in total. The van der Waals surface area contributed by atoms with E-state index in [0.29, 0.717) is 6.54 Å². The summed E-state index contributed by atoms with van der Waals surface area (Å²) in [7, 11) is 0. The number of carbonyl (C=O) groups is 1. The Bertz CT molecular complexity index is 761. The lowest BCUT2D eigenvalue weighted by atomic mass is 10.1. The van der Waals surface area contributed by atoms with Crippen molar-refractivity contribution in [2.75, 3.05) is 19.6 Å². The van der Waals surface area contributed by atoms with Gasteiger partial charge in [-0.05, 0) is 23.6 Å². The lowest BCUT2D eigenvalue weighted by molar-refractivity contribution is -0.918. The van der Waals surface area contributed by atoms with Crippen LogP contribution in [0.1, 0.15) is 34.1 Å². The first-order chi connectivity index (χ1) is 12.1. The van der Waals surface area contributed by atoms with Crippen molar-refractivity contribution in [3.8, 4) is 0 Å². The number of nitrogens with one attached hydrogen (secondary N) is 2. The zero-order chi connectivity index (χ0) is 17.8. The minimum atomic E-state index is -0.581. The van der Waals surface area contributed by atoms with E-state index in [1.54, 1.807) is 11.3 Å². The Morgan fingerprint density at radius 3 is 2.76 bits per heavy atom. The van der Waals surface area contributed by atoms with E-state index in [-0.39, 0.29) is 28.2 Å². The van der Waals surface area contributed by atoms with Crippen LogP contribution in [0.15, 0.2) is 35.7 Å². The van der Waals surface area contributed by atoms with Crippen LogP contribution in [-0.4, -0.2) is 30.5 Å². The fraction of sp³-hybridized carbons (Fsp3) is 0.353. The van der Waals surface area contributed by atoms with Crippen molar-refractivity contribution < 1.29 is 14.6 Å². The lowest BCUT2D eigenvalue weighted by Gasteiger charge is -2.24. The van der Waals surface area contributed by atoms with E-state index in [9.17, 15) is 14.9 Å². The van der Waals surface area contributed by atoms with Gasteiger partial charge in [-0.2, -0.15) is 0 Å². The molecule has 3 rings (SSSR count). The third-order valence-electron chi connectivity index (χ3n) is 4.50. The molecule has 0 spiro atoms. The van der Waals surface area contributed by atoms with Crippen LogP contribution >= 0.6 is 22.9 Å². The zero-order valence-electron chi connectivity index (χ0n) is 13.5. The van der Waals surface area contributed by atoms with Gasteiger partial charge >= 0.3 is 0 Å². The number of nitro groups is 1. The van der Waals surface area contributed by atoms with Gasteiger partial charge in [0.2, 0.25) is 0 Å². The summed E-state index contributed by atoms with van der Waals surface area (Å²) in [6.07, 6.45) is 2.41. The Kier molecular flexibility index (Phi) is 5.67. The molecule has 0 bridgehead atoms. The number of carbonyl (C=O) groups excluding carboxylic acids is 1. The van der Waals surface area contributed by atoms with Crippen LogP contribution in [-0.2, 0) is 0 Å². The fourth-order valence-electron chi connectivity index (χ4n) is 3.20. The molecule has 1 aliphatic rings. The molecule has 2 heterocycles. The van der Waals surface area contributed by atoms with Gasteiger partial charge in [-0.1, -0.05) is 17.7 Å². The van der Waals surface area contributed by atoms with Crippen molar-refractivity contribution in [1.29, 1.82) is 0 Å². The van der Waals surface area contributed by atoms with Crippen molar-refractivity contribution in [1.82, 2.24) is 5.32 Å². The molecule has 1 aromatic heterocycles. The Morgan fingerprint density at radius 2 is 2.12 bits per heavy atom. The number of amides is 1. The monoisotopic (exact) mass is 380 g/mol. The number of hydrogen-bond acceptors (Lipinski definition) is 4. The molecule has 1 aliphatic heterocycles. The number of hydrogen-bond donors (Lipinski definition) is 2. The van der Waals surface area contributed by atoms with Crippen LogP contribution in [0.4, 0.5) is 5.69 Å². The molecule has 0 unspecified atom stereocenters. The molecule has 0 aliphatic carbocycles. The Hall–Kier alpha value is -1.96. The first kappa shape index (κ1) is 17.8. The summed E-state index contributed by atoms with van der Waals surface area (Å²) >= 11 is 7.50. The van der Waals surface area contributed by atoms with Gasteiger partial charge in [-0.3, -0.25) is 14.9 Å². The number of likely N-dealkylation sites (tertiary alicyclic amines) is 1. The molecular weight excluding hydrogens is 362 g/mol. The summed E-state index contributed by atoms with van der Waals surface area (Å²) < 4.78 is 0. The van der Waals surface area contributed by atoms with Gasteiger partial charge in [-0.15, -0.1) is 11.3 Å². The van der Waals surface area contributed by atoms with Crippen LogP contribution < -0.4 is 10.2 Å². The van der Waals surface area contributed by atoms with Crippen LogP contribution in [0.2, 0.25) is 5.02 Å². The average Bonchev–Trinajstić information content (AvgIpc) is 3.29. The van der Waals surface area contributed by atoms with Crippen molar-refractivity contribution in [3.63, 3.8) is 0 Å². The maximum Gasteiger partial charge on any atom is 0.288 e. The summed E-state index contributed by atoms with van der Waals surface area (Å²) in [5.74, 6) is -0.320. The normalized spacial score (nSPS) is 15.9. The molecule has 132 valence electrons. The van der Waals surface area contributed by atoms with Gasteiger partial charge in [-0.25, -0.2) is 0 Å². The van der Waals surface area contributed by atoms with Gasteiger partial charge in [0.15, 0.2) is 0 Å². The molecule has 1 atom stereocenters.